The summed E-state index contributed by atoms with van der Waals surface area (Å²) >= 11 is 0. The molecule has 0 radical (unpaired) electrons. The molecule has 0 aliphatic heterocycles. The van der Waals surface area contributed by atoms with E-state index in [1.165, 1.54) is 0 Å². The highest BCUT2D eigenvalue weighted by Gasteiger charge is 2.41. The third kappa shape index (κ3) is 1.47. The molecule has 1 N–H and O–H groups in total. The summed E-state index contributed by atoms with van der Waals surface area (Å²) in [6, 6.07) is 0. The Balaban J connectivity index is 2.11. The molecule has 2 rings (SSSR count). The van der Waals surface area contributed by atoms with E-state index in [0.717, 1.165) is 19.3 Å². The van der Waals surface area contributed by atoms with Gasteiger partial charge in [0.05, 0.1) is 5.92 Å². The third-order valence-electron chi connectivity index (χ3n) is 3.40. The predicted octanol–water partition coefficient (Wildman–Crippen LogP) is 1.47. The van der Waals surface area contributed by atoms with E-state index in [1.54, 1.807) is 0 Å². The van der Waals surface area contributed by atoms with Crippen molar-refractivity contribution in [3.63, 3.8) is 0 Å². The molecule has 2 fully saturated rings. The zero-order chi connectivity index (χ0) is 9.42. The molecule has 0 unspecified atom stereocenters. The second-order valence-corrected chi connectivity index (χ2v) is 4.23. The van der Waals surface area contributed by atoms with Gasteiger partial charge in [0, 0.05) is 11.8 Å². The average molecular weight is 182 g/mol. The van der Waals surface area contributed by atoms with Crippen LogP contribution in [0.1, 0.15) is 32.1 Å². The van der Waals surface area contributed by atoms with Crippen molar-refractivity contribution >= 4 is 11.8 Å². The van der Waals surface area contributed by atoms with Crippen molar-refractivity contribution in [3.8, 4) is 0 Å². The Hall–Kier alpha value is -0.860. The lowest BCUT2D eigenvalue weighted by atomic mass is 9.67. The Bertz CT molecular complexity index is 231. The number of carboxylic acid groups (broad SMARTS) is 1. The van der Waals surface area contributed by atoms with Crippen LogP contribution in [0, 0.1) is 17.8 Å². The third-order valence-corrected chi connectivity index (χ3v) is 3.40. The fraction of sp³-hybridized carbons (Fsp3) is 0.800. The summed E-state index contributed by atoms with van der Waals surface area (Å²) in [5, 5.41) is 8.87. The van der Waals surface area contributed by atoms with Crippen molar-refractivity contribution in [2.75, 3.05) is 0 Å². The number of carboxylic acids is 1. The molecule has 0 saturated heterocycles. The quantitative estimate of drug-likeness (QED) is 0.668. The van der Waals surface area contributed by atoms with Gasteiger partial charge in [0.25, 0.3) is 0 Å². The maximum Gasteiger partial charge on any atom is 0.306 e. The van der Waals surface area contributed by atoms with Gasteiger partial charge in [0.2, 0.25) is 0 Å². The maximum absolute atomic E-state index is 11.6. The molecule has 2 atom stereocenters. The van der Waals surface area contributed by atoms with Gasteiger partial charge in [-0.2, -0.15) is 0 Å². The molecule has 2 bridgehead atoms. The smallest absolute Gasteiger partial charge is 0.306 e. The number of aliphatic carboxylic acids is 1. The van der Waals surface area contributed by atoms with E-state index in [4.69, 9.17) is 5.11 Å². The molecule has 2 aliphatic rings. The van der Waals surface area contributed by atoms with Gasteiger partial charge in [0.1, 0.15) is 5.78 Å². The van der Waals surface area contributed by atoms with Gasteiger partial charge in [-0.3, -0.25) is 9.59 Å². The van der Waals surface area contributed by atoms with Crippen molar-refractivity contribution < 1.29 is 14.7 Å². The van der Waals surface area contributed by atoms with Gasteiger partial charge >= 0.3 is 5.97 Å². The number of hydrogen-bond donors (Lipinski definition) is 1. The number of fused-ring (bicyclic) bond motifs is 2. The second kappa shape index (κ2) is 3.13. The van der Waals surface area contributed by atoms with Crippen LogP contribution >= 0.6 is 0 Å². The first-order valence-electron chi connectivity index (χ1n) is 4.95. The zero-order valence-electron chi connectivity index (χ0n) is 7.53. The summed E-state index contributed by atoms with van der Waals surface area (Å²) in [6.45, 7) is 0. The van der Waals surface area contributed by atoms with Crippen LogP contribution in [0.3, 0.4) is 0 Å². The van der Waals surface area contributed by atoms with E-state index < -0.39 is 5.97 Å². The van der Waals surface area contributed by atoms with Crippen molar-refractivity contribution in [1.29, 1.82) is 0 Å². The van der Waals surface area contributed by atoms with E-state index in [2.05, 4.69) is 0 Å². The lowest BCUT2D eigenvalue weighted by Gasteiger charge is -2.35. The van der Waals surface area contributed by atoms with Crippen LogP contribution in [-0.4, -0.2) is 16.9 Å². The van der Waals surface area contributed by atoms with Crippen LogP contribution in [0.4, 0.5) is 0 Å². The zero-order valence-corrected chi connectivity index (χ0v) is 7.53. The van der Waals surface area contributed by atoms with Gasteiger partial charge < -0.3 is 5.11 Å². The van der Waals surface area contributed by atoms with E-state index in [1.807, 2.05) is 0 Å². The number of ketones is 1. The monoisotopic (exact) mass is 182 g/mol. The second-order valence-electron chi connectivity index (χ2n) is 4.23. The van der Waals surface area contributed by atoms with Crippen LogP contribution in [0.25, 0.3) is 0 Å². The predicted molar refractivity (Wildman–Crippen MR) is 46.2 cm³/mol. The Morgan fingerprint density at radius 1 is 1.23 bits per heavy atom. The van der Waals surface area contributed by atoms with Crippen LogP contribution in [-0.2, 0) is 9.59 Å². The highest BCUT2D eigenvalue weighted by molar-refractivity contribution is 5.86. The topological polar surface area (TPSA) is 54.4 Å². The summed E-state index contributed by atoms with van der Waals surface area (Å²) in [7, 11) is 0. The molecule has 13 heavy (non-hydrogen) atoms. The minimum Gasteiger partial charge on any atom is -0.481 e. The standard InChI is InChI=1S/C10H14O3/c11-9-6-2-1-3-7(9)5-8(4-6)10(12)13/h6-8H,1-5H2,(H,12,13)/t6-,7-/m0/s1. The van der Waals surface area contributed by atoms with Crippen LogP contribution in [0.15, 0.2) is 0 Å². The summed E-state index contributed by atoms with van der Waals surface area (Å²) in [4.78, 5) is 22.4. The molecule has 0 spiro atoms. The number of carbonyl (C=O) groups is 2. The lowest BCUT2D eigenvalue weighted by Crippen LogP contribution is -2.38. The van der Waals surface area contributed by atoms with Crippen molar-refractivity contribution in [2.45, 2.75) is 32.1 Å². The average Bonchev–Trinajstić information content (AvgIpc) is 2.02. The van der Waals surface area contributed by atoms with Gasteiger partial charge in [0.15, 0.2) is 0 Å². The number of rotatable bonds is 1. The van der Waals surface area contributed by atoms with Gasteiger partial charge in [-0.25, -0.2) is 0 Å². The molecule has 2 aliphatic carbocycles. The van der Waals surface area contributed by atoms with Crippen LogP contribution in [0.2, 0.25) is 0 Å². The summed E-state index contributed by atoms with van der Waals surface area (Å²) in [6.07, 6.45) is 4.11. The Kier molecular flexibility index (Phi) is 2.10. The largest absolute Gasteiger partial charge is 0.481 e. The maximum atomic E-state index is 11.6. The summed E-state index contributed by atoms with van der Waals surface area (Å²) < 4.78 is 0. The van der Waals surface area contributed by atoms with E-state index in [9.17, 15) is 9.59 Å². The van der Waals surface area contributed by atoms with E-state index in [-0.39, 0.29) is 17.8 Å². The highest BCUT2D eigenvalue weighted by Crippen LogP contribution is 2.39. The van der Waals surface area contributed by atoms with Gasteiger partial charge in [-0.05, 0) is 25.7 Å². The first-order chi connectivity index (χ1) is 6.18. The number of hydrogen-bond acceptors (Lipinski definition) is 2. The normalized spacial score (nSPS) is 38.8. The first-order valence-corrected chi connectivity index (χ1v) is 4.95. The minimum absolute atomic E-state index is 0.0635. The molecule has 0 aromatic heterocycles. The number of Topliss-reactive ketones (excluding diaryl/α,β-unsaturated/α-hetero) is 1. The van der Waals surface area contributed by atoms with Gasteiger partial charge in [-0.15, -0.1) is 0 Å². The van der Waals surface area contributed by atoms with Crippen molar-refractivity contribution in [1.82, 2.24) is 0 Å². The van der Waals surface area contributed by atoms with Crippen molar-refractivity contribution in [2.24, 2.45) is 17.8 Å². The summed E-state index contributed by atoms with van der Waals surface area (Å²) in [5.74, 6) is -0.511. The number of carbonyl (C=O) groups excluding carboxylic acids is 1. The van der Waals surface area contributed by atoms with Gasteiger partial charge in [-0.1, -0.05) is 6.42 Å². The SMILES string of the molecule is O=C(O)C1C[C@@H]2CCC[C@@H](C1)C2=O. The van der Waals surface area contributed by atoms with E-state index >= 15 is 0 Å². The molecule has 0 aromatic carbocycles. The Labute approximate surface area is 77.1 Å². The van der Waals surface area contributed by atoms with Crippen LogP contribution < -0.4 is 0 Å². The molecule has 3 heteroatoms. The van der Waals surface area contributed by atoms with E-state index in [0.29, 0.717) is 18.6 Å². The van der Waals surface area contributed by atoms with Crippen LogP contribution in [0.5, 0.6) is 0 Å². The summed E-state index contributed by atoms with van der Waals surface area (Å²) in [5.41, 5.74) is 0. The molecule has 0 amide bonds. The molecular weight excluding hydrogens is 168 g/mol. The first kappa shape index (κ1) is 8.73. The molecular formula is C10H14O3. The Morgan fingerprint density at radius 3 is 2.23 bits per heavy atom. The molecule has 0 heterocycles. The Morgan fingerprint density at radius 2 is 1.77 bits per heavy atom. The minimum atomic E-state index is -0.718. The fourth-order valence-electron chi connectivity index (χ4n) is 2.68. The van der Waals surface area contributed by atoms with Crippen molar-refractivity contribution in [3.05, 3.63) is 0 Å². The molecule has 0 aromatic rings. The highest BCUT2D eigenvalue weighted by atomic mass is 16.4. The molecule has 3 nitrogen and oxygen atoms in total. The lowest BCUT2D eigenvalue weighted by molar-refractivity contribution is -0.147. The molecule has 72 valence electrons. The molecule has 2 saturated carbocycles. The fourth-order valence-corrected chi connectivity index (χ4v) is 2.68.